The number of aromatic nitrogens is 3. The number of aryl methyl sites for hydroxylation is 1. The molecule has 1 saturated heterocycles. The molecule has 11 heteroatoms. The molecule has 1 fully saturated rings. The molecule has 0 radical (unpaired) electrons. The van der Waals surface area contributed by atoms with Gasteiger partial charge in [-0.25, -0.2) is 23.2 Å². The van der Waals surface area contributed by atoms with E-state index >= 15 is 0 Å². The van der Waals surface area contributed by atoms with E-state index in [0.717, 1.165) is 28.1 Å². The van der Waals surface area contributed by atoms with Crippen LogP contribution in [0.25, 0.3) is 11.1 Å². The molecule has 0 N–H and O–H groups in total. The van der Waals surface area contributed by atoms with Crippen molar-refractivity contribution in [1.29, 1.82) is 0 Å². The number of carbonyl (C=O) groups excluding carboxylic acids is 1. The summed E-state index contributed by atoms with van der Waals surface area (Å²) in [5.74, 6) is 0.0773. The molecule has 2 aliphatic rings. The van der Waals surface area contributed by atoms with Crippen LogP contribution in [0.5, 0.6) is 0 Å². The molecular formula is C36H44N6O4S. The van der Waals surface area contributed by atoms with E-state index in [0.29, 0.717) is 52.0 Å². The maximum atomic E-state index is 14.4. The van der Waals surface area contributed by atoms with Crippen molar-refractivity contribution in [3.05, 3.63) is 96.7 Å². The Kier molecular flexibility index (Phi) is 9.39. The number of piperidine rings is 1. The molecule has 1 amide bonds. The maximum absolute atomic E-state index is 14.4. The second kappa shape index (κ2) is 13.5. The third-order valence-electron chi connectivity index (χ3n) is 8.85. The highest BCUT2D eigenvalue weighted by molar-refractivity contribution is 7.89. The van der Waals surface area contributed by atoms with Crippen molar-refractivity contribution >= 4 is 21.8 Å². The van der Waals surface area contributed by atoms with Gasteiger partial charge in [0.1, 0.15) is 5.60 Å². The Balaban J connectivity index is 1.32. The number of fused-ring (bicyclic) bond motifs is 1. The first kappa shape index (κ1) is 32.7. The van der Waals surface area contributed by atoms with E-state index in [1.165, 1.54) is 6.20 Å². The summed E-state index contributed by atoms with van der Waals surface area (Å²) in [4.78, 5) is 25.6. The first-order valence-corrected chi connectivity index (χ1v) is 17.7. The van der Waals surface area contributed by atoms with Gasteiger partial charge in [-0.2, -0.15) is 4.31 Å². The number of benzene rings is 2. The molecule has 47 heavy (non-hydrogen) atoms. The standard InChI is InChI=1S/C36H44N6O4S/c1-36(2,3)46-35(43)40-18-15-27(16-19-40)22-42(47(44,45)34-12-8-9-17-37-34)32-21-30-20-29(28-10-6-5-7-11-28)13-14-33(30)41(25-32)24-31-23-39(4)26-38-31/h5-14,17,20,23,26-27,32H,15-16,18-19,21-22,24-25H2,1-4H3. The number of ether oxygens (including phenoxy) is 1. The number of rotatable bonds is 8. The van der Waals surface area contributed by atoms with Crippen molar-refractivity contribution in [2.45, 2.75) is 63.2 Å². The quantitative estimate of drug-likeness (QED) is 0.238. The lowest BCUT2D eigenvalue weighted by atomic mass is 9.92. The van der Waals surface area contributed by atoms with Gasteiger partial charge in [-0.15, -0.1) is 0 Å². The number of hydrogen-bond donors (Lipinski definition) is 0. The minimum Gasteiger partial charge on any atom is -0.444 e. The van der Waals surface area contributed by atoms with Gasteiger partial charge in [-0.05, 0) is 86.9 Å². The van der Waals surface area contributed by atoms with Crippen molar-refractivity contribution < 1.29 is 17.9 Å². The molecular weight excluding hydrogens is 613 g/mol. The summed E-state index contributed by atoms with van der Waals surface area (Å²) in [6.07, 6.45) is 6.94. The predicted octanol–water partition coefficient (Wildman–Crippen LogP) is 5.75. The van der Waals surface area contributed by atoms with Gasteiger partial charge in [-0.1, -0.05) is 42.5 Å². The summed E-state index contributed by atoms with van der Waals surface area (Å²) in [6, 6.07) is 21.4. The Labute approximate surface area is 278 Å². The van der Waals surface area contributed by atoms with Gasteiger partial charge in [0, 0.05) is 57.3 Å². The summed E-state index contributed by atoms with van der Waals surface area (Å²) in [5.41, 5.74) is 4.74. The van der Waals surface area contributed by atoms with Gasteiger partial charge in [0.25, 0.3) is 10.0 Å². The van der Waals surface area contributed by atoms with Crippen molar-refractivity contribution in [2.24, 2.45) is 13.0 Å². The van der Waals surface area contributed by atoms with Crippen LogP contribution in [0.4, 0.5) is 10.5 Å². The summed E-state index contributed by atoms with van der Waals surface area (Å²) < 4.78 is 38.1. The molecule has 2 aromatic carbocycles. The van der Waals surface area contributed by atoms with Gasteiger partial charge < -0.3 is 19.1 Å². The molecule has 6 rings (SSSR count). The van der Waals surface area contributed by atoms with Crippen molar-refractivity contribution in [1.82, 2.24) is 23.7 Å². The lowest BCUT2D eigenvalue weighted by molar-refractivity contribution is 0.0174. The van der Waals surface area contributed by atoms with Crippen LogP contribution in [-0.2, 0) is 34.8 Å². The van der Waals surface area contributed by atoms with Crippen LogP contribution < -0.4 is 4.90 Å². The van der Waals surface area contributed by atoms with Crippen LogP contribution >= 0.6 is 0 Å². The first-order chi connectivity index (χ1) is 22.5. The number of nitrogens with zero attached hydrogens (tertiary/aromatic N) is 6. The van der Waals surface area contributed by atoms with Gasteiger partial charge in [-0.3, -0.25) is 0 Å². The van der Waals surface area contributed by atoms with Gasteiger partial charge in [0.15, 0.2) is 5.03 Å². The number of imidazole rings is 1. The Bertz CT molecular complexity index is 1780. The largest absolute Gasteiger partial charge is 0.444 e. The molecule has 2 aromatic heterocycles. The smallest absolute Gasteiger partial charge is 0.410 e. The molecule has 10 nitrogen and oxygen atoms in total. The highest BCUT2D eigenvalue weighted by Crippen LogP contribution is 2.36. The van der Waals surface area contributed by atoms with Gasteiger partial charge in [0.05, 0.1) is 18.6 Å². The number of anilines is 1. The van der Waals surface area contributed by atoms with Crippen LogP contribution in [0.15, 0.2) is 90.5 Å². The van der Waals surface area contributed by atoms with Crippen molar-refractivity contribution in [3.8, 4) is 11.1 Å². The Morgan fingerprint density at radius 3 is 2.38 bits per heavy atom. The second-order valence-corrected chi connectivity index (χ2v) is 15.5. The zero-order chi connectivity index (χ0) is 33.2. The summed E-state index contributed by atoms with van der Waals surface area (Å²) in [7, 11) is -1.99. The third-order valence-corrected chi connectivity index (χ3v) is 10.7. The van der Waals surface area contributed by atoms with E-state index in [2.05, 4.69) is 45.2 Å². The number of hydrogen-bond acceptors (Lipinski definition) is 7. The lowest BCUT2D eigenvalue weighted by Crippen LogP contribution is -2.53. The molecule has 0 aliphatic carbocycles. The molecule has 0 saturated carbocycles. The topological polar surface area (TPSA) is 101 Å². The third kappa shape index (κ3) is 7.68. The Morgan fingerprint density at radius 1 is 0.979 bits per heavy atom. The van der Waals surface area contributed by atoms with E-state index in [1.807, 2.05) is 56.8 Å². The molecule has 248 valence electrons. The van der Waals surface area contributed by atoms with Crippen LogP contribution in [0.2, 0.25) is 0 Å². The van der Waals surface area contributed by atoms with E-state index in [1.54, 1.807) is 33.7 Å². The molecule has 1 unspecified atom stereocenters. The zero-order valence-electron chi connectivity index (χ0n) is 27.6. The fourth-order valence-electron chi connectivity index (χ4n) is 6.57. The van der Waals surface area contributed by atoms with E-state index in [-0.39, 0.29) is 23.1 Å². The van der Waals surface area contributed by atoms with Crippen LogP contribution in [-0.4, -0.2) is 76.1 Å². The number of sulfonamides is 1. The van der Waals surface area contributed by atoms with Gasteiger partial charge >= 0.3 is 6.09 Å². The normalized spacial score (nSPS) is 17.5. The number of likely N-dealkylation sites (tertiary alicyclic amines) is 1. The minimum absolute atomic E-state index is 0.0475. The second-order valence-electron chi connectivity index (χ2n) is 13.6. The van der Waals surface area contributed by atoms with Gasteiger partial charge in [0.2, 0.25) is 0 Å². The van der Waals surface area contributed by atoms with Crippen molar-refractivity contribution in [2.75, 3.05) is 31.1 Å². The molecule has 0 spiro atoms. The summed E-state index contributed by atoms with van der Waals surface area (Å²) in [6.45, 7) is 8.04. The molecule has 0 bridgehead atoms. The lowest BCUT2D eigenvalue weighted by Gasteiger charge is -2.42. The average Bonchev–Trinajstić information content (AvgIpc) is 3.47. The Hall–Kier alpha value is -4.22. The van der Waals surface area contributed by atoms with Crippen molar-refractivity contribution in [3.63, 3.8) is 0 Å². The summed E-state index contributed by atoms with van der Waals surface area (Å²) >= 11 is 0. The monoisotopic (exact) mass is 656 g/mol. The molecule has 2 aliphatic heterocycles. The fraction of sp³-hybridized carbons (Fsp3) is 0.417. The minimum atomic E-state index is -3.94. The predicted molar refractivity (Wildman–Crippen MR) is 182 cm³/mol. The van der Waals surface area contributed by atoms with Crippen LogP contribution in [0, 0.1) is 5.92 Å². The van der Waals surface area contributed by atoms with Crippen LogP contribution in [0.3, 0.4) is 0 Å². The SMILES string of the molecule is Cn1cnc(CN2CC(N(CC3CCN(C(=O)OC(C)(C)C)CC3)S(=O)(=O)c3ccccn3)Cc3cc(-c4ccccc4)ccc32)c1. The van der Waals surface area contributed by atoms with E-state index in [9.17, 15) is 13.2 Å². The highest BCUT2D eigenvalue weighted by atomic mass is 32.2. The zero-order valence-corrected chi connectivity index (χ0v) is 28.4. The number of carbonyl (C=O) groups is 1. The number of amides is 1. The maximum Gasteiger partial charge on any atom is 0.410 e. The van der Waals surface area contributed by atoms with E-state index < -0.39 is 15.6 Å². The average molecular weight is 657 g/mol. The van der Waals surface area contributed by atoms with E-state index in [4.69, 9.17) is 4.74 Å². The number of pyridine rings is 1. The fourth-order valence-corrected chi connectivity index (χ4v) is 8.19. The highest BCUT2D eigenvalue weighted by Gasteiger charge is 2.39. The molecule has 1 atom stereocenters. The summed E-state index contributed by atoms with van der Waals surface area (Å²) in [5, 5.41) is 0.0475. The Morgan fingerprint density at radius 2 is 1.72 bits per heavy atom. The first-order valence-electron chi connectivity index (χ1n) is 16.3. The molecule has 4 heterocycles. The van der Waals surface area contributed by atoms with Crippen LogP contribution in [0.1, 0.15) is 44.9 Å². The molecule has 4 aromatic rings.